The third-order valence-electron chi connectivity index (χ3n) is 3.84. The van der Waals surface area contributed by atoms with Crippen molar-refractivity contribution in [3.8, 4) is 5.75 Å². The van der Waals surface area contributed by atoms with Gasteiger partial charge in [0.25, 0.3) is 0 Å². The van der Waals surface area contributed by atoms with E-state index < -0.39 is 5.60 Å². The minimum Gasteiger partial charge on any atom is -0.497 e. The van der Waals surface area contributed by atoms with Gasteiger partial charge in [-0.15, -0.1) is 0 Å². The highest BCUT2D eigenvalue weighted by molar-refractivity contribution is 5.76. The minimum atomic E-state index is -0.811. The summed E-state index contributed by atoms with van der Waals surface area (Å²) in [6.45, 7) is 1.41. The van der Waals surface area contributed by atoms with Gasteiger partial charge in [0.15, 0.2) is 0 Å². The van der Waals surface area contributed by atoms with Crippen molar-refractivity contribution in [1.82, 2.24) is 5.32 Å². The van der Waals surface area contributed by atoms with E-state index in [2.05, 4.69) is 5.32 Å². The van der Waals surface area contributed by atoms with Gasteiger partial charge < -0.3 is 19.9 Å². The Balaban J connectivity index is 1.71. The summed E-state index contributed by atoms with van der Waals surface area (Å²) in [7, 11) is 1.63. The minimum absolute atomic E-state index is 0.0364. The molecule has 1 saturated heterocycles. The first-order valence-electron chi connectivity index (χ1n) is 7.31. The maximum Gasteiger partial charge on any atom is 0.220 e. The molecule has 0 bridgehead atoms. The van der Waals surface area contributed by atoms with E-state index >= 15 is 0 Å². The van der Waals surface area contributed by atoms with Gasteiger partial charge in [-0.3, -0.25) is 4.79 Å². The normalized spacial score (nSPS) is 17.2. The van der Waals surface area contributed by atoms with E-state index in [1.54, 1.807) is 7.11 Å². The van der Waals surface area contributed by atoms with Gasteiger partial charge in [0.2, 0.25) is 5.91 Å². The van der Waals surface area contributed by atoms with Crippen LogP contribution in [0.5, 0.6) is 5.75 Å². The van der Waals surface area contributed by atoms with Crippen molar-refractivity contribution in [1.29, 1.82) is 0 Å². The smallest absolute Gasteiger partial charge is 0.220 e. The van der Waals surface area contributed by atoms with Crippen LogP contribution in [-0.4, -0.2) is 43.5 Å². The standard InChI is InChI=1S/C16H23NO4/c1-20-14-5-2-13(3-6-14)4-7-15(18)17-12-16(19)8-10-21-11-9-16/h2-3,5-6,19H,4,7-12H2,1H3,(H,17,18). The Kier molecular flexibility index (Phi) is 5.59. The predicted molar refractivity (Wildman–Crippen MR) is 79.3 cm³/mol. The van der Waals surface area contributed by atoms with Gasteiger partial charge in [-0.25, -0.2) is 0 Å². The highest BCUT2D eigenvalue weighted by atomic mass is 16.5. The van der Waals surface area contributed by atoms with E-state index in [1.165, 1.54) is 0 Å². The number of ether oxygens (including phenoxy) is 2. The van der Waals surface area contributed by atoms with E-state index in [9.17, 15) is 9.90 Å². The molecule has 1 aromatic rings. The Bertz CT molecular complexity index is 452. The van der Waals surface area contributed by atoms with E-state index in [-0.39, 0.29) is 5.91 Å². The van der Waals surface area contributed by atoms with Crippen LogP contribution in [0.1, 0.15) is 24.8 Å². The van der Waals surface area contributed by atoms with Crippen LogP contribution < -0.4 is 10.1 Å². The number of nitrogens with one attached hydrogen (secondary N) is 1. The van der Waals surface area contributed by atoms with Crippen LogP contribution in [0, 0.1) is 0 Å². The molecule has 116 valence electrons. The number of amides is 1. The molecule has 0 aliphatic carbocycles. The molecule has 1 aromatic carbocycles. The lowest BCUT2D eigenvalue weighted by Crippen LogP contribution is -2.46. The monoisotopic (exact) mass is 293 g/mol. The first-order valence-corrected chi connectivity index (χ1v) is 7.31. The first kappa shape index (κ1) is 15.8. The summed E-state index contributed by atoms with van der Waals surface area (Å²) in [4.78, 5) is 11.8. The van der Waals surface area contributed by atoms with Crippen molar-refractivity contribution in [3.05, 3.63) is 29.8 Å². The fourth-order valence-electron chi connectivity index (χ4n) is 2.33. The van der Waals surface area contributed by atoms with E-state index in [0.717, 1.165) is 11.3 Å². The highest BCUT2D eigenvalue weighted by Gasteiger charge is 2.29. The largest absolute Gasteiger partial charge is 0.497 e. The van der Waals surface area contributed by atoms with Gasteiger partial charge >= 0.3 is 0 Å². The molecule has 5 heteroatoms. The van der Waals surface area contributed by atoms with Crippen molar-refractivity contribution < 1.29 is 19.4 Å². The predicted octanol–water partition coefficient (Wildman–Crippen LogP) is 1.29. The molecule has 0 unspecified atom stereocenters. The average Bonchev–Trinajstić information content (AvgIpc) is 2.52. The summed E-state index contributed by atoms with van der Waals surface area (Å²) >= 11 is 0. The van der Waals surface area contributed by atoms with E-state index in [4.69, 9.17) is 9.47 Å². The molecule has 1 amide bonds. The van der Waals surface area contributed by atoms with Crippen LogP contribution in [-0.2, 0) is 16.0 Å². The Hall–Kier alpha value is -1.59. The van der Waals surface area contributed by atoms with Crippen molar-refractivity contribution >= 4 is 5.91 Å². The first-order chi connectivity index (χ1) is 10.1. The lowest BCUT2D eigenvalue weighted by atomic mass is 9.94. The Labute approximate surface area is 125 Å². The number of hydrogen-bond acceptors (Lipinski definition) is 4. The summed E-state index contributed by atoms with van der Waals surface area (Å²) in [5, 5.41) is 13.1. The quantitative estimate of drug-likeness (QED) is 0.829. The van der Waals surface area contributed by atoms with Crippen molar-refractivity contribution in [2.45, 2.75) is 31.3 Å². The van der Waals surface area contributed by atoms with Gasteiger partial charge in [-0.05, 0) is 24.1 Å². The summed E-state index contributed by atoms with van der Waals surface area (Å²) in [6.07, 6.45) is 2.24. The van der Waals surface area contributed by atoms with Gasteiger partial charge in [0.05, 0.1) is 12.7 Å². The fraction of sp³-hybridized carbons (Fsp3) is 0.562. The molecule has 1 aliphatic rings. The molecule has 0 aromatic heterocycles. The molecule has 0 saturated carbocycles. The maximum atomic E-state index is 11.8. The van der Waals surface area contributed by atoms with Crippen LogP contribution in [0.3, 0.4) is 0 Å². The summed E-state index contributed by atoms with van der Waals surface area (Å²) < 4.78 is 10.3. The lowest BCUT2D eigenvalue weighted by Gasteiger charge is -2.32. The van der Waals surface area contributed by atoms with Crippen molar-refractivity contribution in [3.63, 3.8) is 0 Å². The molecular weight excluding hydrogens is 270 g/mol. The van der Waals surface area contributed by atoms with Gasteiger partial charge in [0.1, 0.15) is 5.75 Å². The molecular formula is C16H23NO4. The van der Waals surface area contributed by atoms with E-state index in [0.29, 0.717) is 45.4 Å². The topological polar surface area (TPSA) is 67.8 Å². The van der Waals surface area contributed by atoms with Crippen LogP contribution in [0.25, 0.3) is 0 Å². The molecule has 1 fully saturated rings. The zero-order valence-electron chi connectivity index (χ0n) is 12.4. The number of aliphatic hydroxyl groups is 1. The zero-order chi connectivity index (χ0) is 15.1. The summed E-state index contributed by atoms with van der Waals surface area (Å²) in [5.74, 6) is 0.774. The zero-order valence-corrected chi connectivity index (χ0v) is 12.4. The van der Waals surface area contributed by atoms with Crippen LogP contribution in [0.15, 0.2) is 24.3 Å². The van der Waals surface area contributed by atoms with Crippen LogP contribution in [0.4, 0.5) is 0 Å². The fourth-order valence-corrected chi connectivity index (χ4v) is 2.33. The average molecular weight is 293 g/mol. The Morgan fingerprint density at radius 3 is 2.62 bits per heavy atom. The number of benzene rings is 1. The number of carbonyl (C=O) groups is 1. The van der Waals surface area contributed by atoms with Crippen LogP contribution in [0.2, 0.25) is 0 Å². The second kappa shape index (κ2) is 7.43. The van der Waals surface area contributed by atoms with Gasteiger partial charge in [-0.1, -0.05) is 12.1 Å². The molecule has 2 rings (SSSR count). The SMILES string of the molecule is COc1ccc(CCC(=O)NCC2(O)CCOCC2)cc1. The molecule has 1 heterocycles. The maximum absolute atomic E-state index is 11.8. The molecule has 21 heavy (non-hydrogen) atoms. The highest BCUT2D eigenvalue weighted by Crippen LogP contribution is 2.19. The Morgan fingerprint density at radius 2 is 2.00 bits per heavy atom. The van der Waals surface area contributed by atoms with Crippen molar-refractivity contribution in [2.75, 3.05) is 26.9 Å². The summed E-state index contributed by atoms with van der Waals surface area (Å²) in [5.41, 5.74) is 0.282. The molecule has 0 radical (unpaired) electrons. The van der Waals surface area contributed by atoms with Gasteiger partial charge in [0, 0.05) is 39.0 Å². The number of rotatable bonds is 6. The molecule has 0 spiro atoms. The van der Waals surface area contributed by atoms with Crippen LogP contribution >= 0.6 is 0 Å². The van der Waals surface area contributed by atoms with E-state index in [1.807, 2.05) is 24.3 Å². The second-order valence-electron chi connectivity index (χ2n) is 5.46. The molecule has 5 nitrogen and oxygen atoms in total. The Morgan fingerprint density at radius 1 is 1.33 bits per heavy atom. The number of aryl methyl sites for hydroxylation is 1. The third-order valence-corrected chi connectivity index (χ3v) is 3.84. The summed E-state index contributed by atoms with van der Waals surface area (Å²) in [6, 6.07) is 7.69. The molecule has 2 N–H and O–H groups in total. The van der Waals surface area contributed by atoms with Gasteiger partial charge in [-0.2, -0.15) is 0 Å². The number of carbonyl (C=O) groups excluding carboxylic acids is 1. The lowest BCUT2D eigenvalue weighted by molar-refractivity contribution is -0.123. The molecule has 1 aliphatic heterocycles. The number of methoxy groups -OCH3 is 1. The number of hydrogen-bond donors (Lipinski definition) is 2. The third kappa shape index (κ3) is 5.02. The molecule has 0 atom stereocenters. The second-order valence-corrected chi connectivity index (χ2v) is 5.46. The van der Waals surface area contributed by atoms with Crippen molar-refractivity contribution in [2.24, 2.45) is 0 Å².